The number of aryl methyl sites for hydroxylation is 2. The number of halogens is 1. The summed E-state index contributed by atoms with van der Waals surface area (Å²) in [6, 6.07) is 18.3. The number of nitrogens with one attached hydrogen (secondary N) is 1. The molecule has 3 aromatic carbocycles. The van der Waals surface area contributed by atoms with E-state index in [-0.39, 0.29) is 30.2 Å². The van der Waals surface area contributed by atoms with Gasteiger partial charge >= 0.3 is 0 Å². The monoisotopic (exact) mass is 580 g/mol. The minimum absolute atomic E-state index is 0.184. The molecule has 4 rings (SSSR count). The lowest BCUT2D eigenvalue weighted by atomic mass is 10.1. The van der Waals surface area contributed by atoms with Crippen LogP contribution in [0.4, 0.5) is 10.5 Å². The van der Waals surface area contributed by atoms with Crippen LogP contribution in [0.3, 0.4) is 0 Å². The van der Waals surface area contributed by atoms with Crippen LogP contribution in [0.2, 0.25) is 0 Å². The highest BCUT2D eigenvalue weighted by molar-refractivity contribution is 9.10. The van der Waals surface area contributed by atoms with Crippen molar-refractivity contribution in [1.29, 1.82) is 0 Å². The van der Waals surface area contributed by atoms with E-state index >= 15 is 0 Å². The summed E-state index contributed by atoms with van der Waals surface area (Å²) in [6.45, 7) is 3.98. The van der Waals surface area contributed by atoms with Gasteiger partial charge in [0.1, 0.15) is 0 Å². The van der Waals surface area contributed by atoms with Crippen molar-refractivity contribution in [2.45, 2.75) is 20.4 Å². The molecule has 0 atom stereocenters. The normalized spacial score (nSPS) is 14.3. The molecule has 1 saturated heterocycles. The van der Waals surface area contributed by atoms with Crippen LogP contribution in [-0.4, -0.2) is 35.7 Å². The fourth-order valence-electron chi connectivity index (χ4n) is 3.64. The summed E-state index contributed by atoms with van der Waals surface area (Å²) in [6.07, 6.45) is 1.64. The highest BCUT2D eigenvalue weighted by Gasteiger charge is 2.35. The molecule has 3 amide bonds. The first kappa shape index (κ1) is 26.5. The van der Waals surface area contributed by atoms with E-state index in [1.807, 2.05) is 56.3 Å². The van der Waals surface area contributed by atoms with Crippen molar-refractivity contribution in [2.75, 3.05) is 19.0 Å². The van der Waals surface area contributed by atoms with Crippen molar-refractivity contribution in [3.8, 4) is 11.5 Å². The Kier molecular flexibility index (Phi) is 8.35. The molecule has 0 unspecified atom stereocenters. The van der Waals surface area contributed by atoms with Gasteiger partial charge in [-0.1, -0.05) is 46.3 Å². The Hall–Kier alpha value is -3.56. The maximum atomic E-state index is 12.9. The third-order valence-electron chi connectivity index (χ3n) is 5.79. The molecule has 0 aromatic heterocycles. The number of carbonyl (C=O) groups is 3. The summed E-state index contributed by atoms with van der Waals surface area (Å²) in [4.78, 5) is 39.4. The number of benzene rings is 3. The molecule has 0 radical (unpaired) electrons. The second-order valence-corrected chi connectivity index (χ2v) is 10.3. The van der Waals surface area contributed by atoms with Crippen LogP contribution in [0.1, 0.15) is 22.3 Å². The first-order valence-corrected chi connectivity index (χ1v) is 13.0. The zero-order chi connectivity index (χ0) is 26.5. The molecule has 1 aliphatic rings. The van der Waals surface area contributed by atoms with E-state index in [0.29, 0.717) is 27.7 Å². The summed E-state index contributed by atoms with van der Waals surface area (Å²) in [7, 11) is 1.49. The van der Waals surface area contributed by atoms with Crippen LogP contribution in [0.25, 0.3) is 6.08 Å². The molecule has 7 nitrogen and oxygen atoms in total. The molecular weight excluding hydrogens is 556 g/mol. The van der Waals surface area contributed by atoms with E-state index in [9.17, 15) is 14.4 Å². The molecule has 0 aliphatic carbocycles. The lowest BCUT2D eigenvalue weighted by Crippen LogP contribution is -2.27. The topological polar surface area (TPSA) is 84.9 Å². The minimum atomic E-state index is -0.354. The fourth-order valence-corrected chi connectivity index (χ4v) is 4.89. The average Bonchev–Trinajstić information content (AvgIpc) is 3.13. The van der Waals surface area contributed by atoms with E-state index in [0.717, 1.165) is 32.9 Å². The molecule has 0 bridgehead atoms. The summed E-state index contributed by atoms with van der Waals surface area (Å²) in [5.74, 6) is 0.137. The van der Waals surface area contributed by atoms with Gasteiger partial charge in [-0.25, -0.2) is 0 Å². The van der Waals surface area contributed by atoms with Gasteiger partial charge in [0.25, 0.3) is 17.1 Å². The van der Waals surface area contributed by atoms with Crippen LogP contribution < -0.4 is 14.8 Å². The molecule has 9 heteroatoms. The minimum Gasteiger partial charge on any atom is -0.493 e. The summed E-state index contributed by atoms with van der Waals surface area (Å²) < 4.78 is 11.9. The number of ether oxygens (including phenoxy) is 2. The number of amides is 3. The van der Waals surface area contributed by atoms with Crippen LogP contribution >= 0.6 is 27.7 Å². The fraction of sp³-hybridized carbons (Fsp3) is 0.179. The second-order valence-electron chi connectivity index (χ2n) is 8.41. The predicted molar refractivity (Wildman–Crippen MR) is 149 cm³/mol. The number of methoxy groups -OCH3 is 1. The van der Waals surface area contributed by atoms with Gasteiger partial charge in [0.2, 0.25) is 0 Å². The van der Waals surface area contributed by atoms with Crippen LogP contribution in [-0.2, 0) is 16.1 Å². The van der Waals surface area contributed by atoms with E-state index in [2.05, 4.69) is 21.2 Å². The van der Waals surface area contributed by atoms with Gasteiger partial charge in [0.15, 0.2) is 18.1 Å². The molecule has 0 saturated carbocycles. The van der Waals surface area contributed by atoms with Crippen molar-refractivity contribution in [3.63, 3.8) is 0 Å². The molecule has 0 spiro atoms. The largest absolute Gasteiger partial charge is 0.493 e. The van der Waals surface area contributed by atoms with Crippen molar-refractivity contribution in [3.05, 3.63) is 92.3 Å². The van der Waals surface area contributed by atoms with E-state index in [4.69, 9.17) is 9.47 Å². The first-order chi connectivity index (χ1) is 17.7. The van der Waals surface area contributed by atoms with Crippen LogP contribution in [0, 0.1) is 13.8 Å². The summed E-state index contributed by atoms with van der Waals surface area (Å²) >= 11 is 4.35. The van der Waals surface area contributed by atoms with Gasteiger partial charge in [-0.15, -0.1) is 0 Å². The number of thioether (sulfide) groups is 1. The molecule has 1 fully saturated rings. The highest BCUT2D eigenvalue weighted by Crippen LogP contribution is 2.36. The van der Waals surface area contributed by atoms with Crippen LogP contribution in [0.15, 0.2) is 70.0 Å². The number of rotatable bonds is 8. The van der Waals surface area contributed by atoms with Gasteiger partial charge in [-0.3, -0.25) is 19.3 Å². The SMILES string of the molecule is COc1cc(/C=C2\SC(=O)N(Cc3ccccc3Br)C2=O)ccc1OCC(=O)Nc1ccc(C)c(C)c1. The van der Waals surface area contributed by atoms with Gasteiger partial charge in [0, 0.05) is 10.2 Å². The molecular formula is C28H25BrN2O5S. The number of imide groups is 1. The van der Waals surface area contributed by atoms with Crippen molar-refractivity contribution in [2.24, 2.45) is 0 Å². The Morgan fingerprint density at radius 2 is 1.81 bits per heavy atom. The zero-order valence-electron chi connectivity index (χ0n) is 20.5. The molecule has 190 valence electrons. The van der Waals surface area contributed by atoms with Gasteiger partial charge in [0.05, 0.1) is 18.6 Å². The quantitative estimate of drug-likeness (QED) is 0.313. The number of hydrogen-bond acceptors (Lipinski definition) is 6. The Bertz CT molecular complexity index is 1410. The van der Waals surface area contributed by atoms with E-state index < -0.39 is 0 Å². The Balaban J connectivity index is 1.42. The number of nitrogens with zero attached hydrogens (tertiary/aromatic N) is 1. The van der Waals surface area contributed by atoms with Crippen LogP contribution in [0.5, 0.6) is 11.5 Å². The van der Waals surface area contributed by atoms with Crippen molar-refractivity contribution >= 4 is 56.5 Å². The molecule has 3 aromatic rings. The summed E-state index contributed by atoms with van der Waals surface area (Å²) in [5.41, 5.74) is 4.44. The standard InChI is InChI=1S/C28H25BrN2O5S/c1-17-8-10-21(12-18(17)2)30-26(32)16-36-23-11-9-19(13-24(23)35-3)14-25-27(33)31(28(34)37-25)15-20-6-4-5-7-22(20)29/h4-14H,15-16H2,1-3H3,(H,30,32)/b25-14-. The molecule has 37 heavy (non-hydrogen) atoms. The predicted octanol–water partition coefficient (Wildman–Crippen LogP) is 6.33. The maximum absolute atomic E-state index is 12.9. The lowest BCUT2D eigenvalue weighted by Gasteiger charge is -2.13. The van der Waals surface area contributed by atoms with Gasteiger partial charge in [-0.2, -0.15) is 0 Å². The molecule has 1 heterocycles. The zero-order valence-corrected chi connectivity index (χ0v) is 22.9. The van der Waals surface area contributed by atoms with Crippen molar-refractivity contribution < 1.29 is 23.9 Å². The number of carbonyl (C=O) groups excluding carboxylic acids is 3. The second kappa shape index (κ2) is 11.7. The molecule has 1 N–H and O–H groups in total. The third-order valence-corrected chi connectivity index (χ3v) is 7.48. The summed E-state index contributed by atoms with van der Waals surface area (Å²) in [5, 5.41) is 2.49. The Morgan fingerprint density at radius 1 is 1.03 bits per heavy atom. The third kappa shape index (κ3) is 6.42. The van der Waals surface area contributed by atoms with Gasteiger partial charge in [-0.05, 0) is 84.3 Å². The average molecular weight is 581 g/mol. The maximum Gasteiger partial charge on any atom is 0.293 e. The highest BCUT2D eigenvalue weighted by atomic mass is 79.9. The Labute approximate surface area is 228 Å². The van der Waals surface area contributed by atoms with E-state index in [1.54, 1.807) is 24.3 Å². The molecule has 1 aliphatic heterocycles. The first-order valence-electron chi connectivity index (χ1n) is 11.4. The lowest BCUT2D eigenvalue weighted by molar-refractivity contribution is -0.123. The smallest absolute Gasteiger partial charge is 0.293 e. The van der Waals surface area contributed by atoms with Crippen molar-refractivity contribution in [1.82, 2.24) is 4.90 Å². The van der Waals surface area contributed by atoms with Gasteiger partial charge < -0.3 is 14.8 Å². The van der Waals surface area contributed by atoms with E-state index in [1.165, 1.54) is 12.0 Å². The number of anilines is 1. The number of hydrogen-bond donors (Lipinski definition) is 1. The Morgan fingerprint density at radius 3 is 2.54 bits per heavy atom.